The van der Waals surface area contributed by atoms with Crippen molar-refractivity contribution < 1.29 is 9.59 Å². The summed E-state index contributed by atoms with van der Waals surface area (Å²) in [5.41, 5.74) is 0. The molecular formula is C4H8O2S. The first-order chi connectivity index (χ1) is 3.13. The molecule has 0 spiro atoms. The summed E-state index contributed by atoms with van der Waals surface area (Å²) in [6.45, 7) is 2.83. The maximum atomic E-state index is 10.0. The minimum Gasteiger partial charge on any atom is -0.289 e. The van der Waals surface area contributed by atoms with E-state index in [-0.39, 0.29) is 22.0 Å². The van der Waals surface area contributed by atoms with Crippen LogP contribution in [0.15, 0.2) is 0 Å². The Morgan fingerprint density at radius 1 is 1.14 bits per heavy atom. The van der Waals surface area contributed by atoms with Gasteiger partial charge in [-0.3, -0.25) is 9.59 Å². The molecule has 42 valence electrons. The van der Waals surface area contributed by atoms with Crippen LogP contribution in [0.2, 0.25) is 0 Å². The monoisotopic (exact) mass is 120 g/mol. The lowest BCUT2D eigenvalue weighted by Gasteiger charge is -1.86. The molecule has 0 bridgehead atoms. The van der Waals surface area contributed by atoms with Gasteiger partial charge in [-0.1, -0.05) is 0 Å². The molecule has 0 fully saturated rings. The molecule has 0 aromatic rings. The normalized spacial score (nSPS) is 8.86. The highest BCUT2D eigenvalue weighted by molar-refractivity contribution is 8.26. The standard InChI is InChI=1S/C4H8O2S/c1-3(5)7-4(2)6/h7H2,1-2H3. The van der Waals surface area contributed by atoms with Gasteiger partial charge in [-0.2, -0.15) is 0 Å². The van der Waals surface area contributed by atoms with E-state index in [1.54, 1.807) is 0 Å². The Kier molecular flexibility index (Phi) is 2.67. The molecule has 0 rings (SSSR count). The highest BCUT2D eigenvalue weighted by Gasteiger charge is 1.90. The Bertz CT molecular complexity index is 85.9. The number of carbonyl (C=O) groups excluding carboxylic acids is 2. The van der Waals surface area contributed by atoms with Crippen molar-refractivity contribution in [1.82, 2.24) is 0 Å². The van der Waals surface area contributed by atoms with Gasteiger partial charge in [0.25, 0.3) is 0 Å². The van der Waals surface area contributed by atoms with Crippen LogP contribution in [-0.2, 0) is 9.59 Å². The first kappa shape index (κ1) is 6.69. The first-order valence-electron chi connectivity index (χ1n) is 1.91. The number of hydrogen-bond acceptors (Lipinski definition) is 2. The van der Waals surface area contributed by atoms with Crippen LogP contribution in [0.4, 0.5) is 0 Å². The quantitative estimate of drug-likeness (QED) is 0.460. The Labute approximate surface area is 46.3 Å². The van der Waals surface area contributed by atoms with Crippen LogP contribution in [0.3, 0.4) is 0 Å². The second-order valence-electron chi connectivity index (χ2n) is 1.24. The van der Waals surface area contributed by atoms with Crippen molar-refractivity contribution >= 4 is 22.0 Å². The van der Waals surface area contributed by atoms with E-state index in [2.05, 4.69) is 0 Å². The molecule has 7 heavy (non-hydrogen) atoms. The van der Waals surface area contributed by atoms with Gasteiger partial charge in [0, 0.05) is 13.8 Å². The molecule has 0 aliphatic heterocycles. The lowest BCUT2D eigenvalue weighted by atomic mass is 10.9. The number of carbonyl (C=O) groups is 2. The zero-order chi connectivity index (χ0) is 5.86. The zero-order valence-corrected chi connectivity index (χ0v) is 5.32. The van der Waals surface area contributed by atoms with E-state index in [0.29, 0.717) is 0 Å². The molecule has 0 amide bonds. The third-order valence-corrected chi connectivity index (χ3v) is 1.06. The molecule has 0 unspecified atom stereocenters. The van der Waals surface area contributed by atoms with Gasteiger partial charge in [0.05, 0.1) is 0 Å². The molecule has 0 N–H and O–H groups in total. The van der Waals surface area contributed by atoms with Crippen LogP contribution in [0.25, 0.3) is 0 Å². The molecule has 0 heterocycles. The topological polar surface area (TPSA) is 34.1 Å². The van der Waals surface area contributed by atoms with Crippen molar-refractivity contribution in [3.8, 4) is 0 Å². The molecule has 0 atom stereocenters. The van der Waals surface area contributed by atoms with Gasteiger partial charge in [-0.05, 0) is 0 Å². The molecule has 0 aliphatic rings. The van der Waals surface area contributed by atoms with E-state index in [0.717, 1.165) is 0 Å². The molecule has 0 aliphatic carbocycles. The summed E-state index contributed by atoms with van der Waals surface area (Å²) < 4.78 is 0. The van der Waals surface area contributed by atoms with Gasteiger partial charge in [0.2, 0.25) is 0 Å². The predicted molar refractivity (Wildman–Crippen MR) is 31.7 cm³/mol. The molecule has 0 aromatic carbocycles. The molecule has 0 saturated heterocycles. The second-order valence-corrected chi connectivity index (χ2v) is 2.90. The SMILES string of the molecule is CC(=O)[SH2]C(C)=O. The summed E-state index contributed by atoms with van der Waals surface area (Å²) in [6, 6.07) is 0. The van der Waals surface area contributed by atoms with Gasteiger partial charge in [0.15, 0.2) is 10.2 Å². The van der Waals surface area contributed by atoms with Gasteiger partial charge in [-0.25, -0.2) is 0 Å². The lowest BCUT2D eigenvalue weighted by Crippen LogP contribution is -1.86. The summed E-state index contributed by atoms with van der Waals surface area (Å²) >= 11 is -0.133. The maximum absolute atomic E-state index is 10.0. The third kappa shape index (κ3) is 5.69. The van der Waals surface area contributed by atoms with Gasteiger partial charge < -0.3 is 0 Å². The van der Waals surface area contributed by atoms with E-state index in [4.69, 9.17) is 0 Å². The van der Waals surface area contributed by atoms with E-state index in [9.17, 15) is 9.59 Å². The fourth-order valence-corrected chi connectivity index (χ4v) is 0.744. The van der Waals surface area contributed by atoms with E-state index >= 15 is 0 Å². The molecule has 2 nitrogen and oxygen atoms in total. The van der Waals surface area contributed by atoms with Crippen molar-refractivity contribution in [2.24, 2.45) is 0 Å². The highest BCUT2D eigenvalue weighted by atomic mass is 32.2. The third-order valence-electron chi connectivity index (χ3n) is 0.352. The fourth-order valence-electron chi connectivity index (χ4n) is 0.248. The van der Waals surface area contributed by atoms with E-state index in [1.807, 2.05) is 0 Å². The minimum absolute atomic E-state index is 0.0347. The van der Waals surface area contributed by atoms with Gasteiger partial charge in [-0.15, -0.1) is 11.8 Å². The van der Waals surface area contributed by atoms with Crippen LogP contribution < -0.4 is 0 Å². The van der Waals surface area contributed by atoms with Crippen molar-refractivity contribution in [2.45, 2.75) is 13.8 Å². The Hall–Kier alpha value is -0.310. The second kappa shape index (κ2) is 2.80. The number of rotatable bonds is 0. The minimum atomic E-state index is -0.133. The van der Waals surface area contributed by atoms with Crippen LogP contribution in [0, 0.1) is 0 Å². The summed E-state index contributed by atoms with van der Waals surface area (Å²) in [5.74, 6) is 0. The van der Waals surface area contributed by atoms with E-state index < -0.39 is 0 Å². The van der Waals surface area contributed by atoms with Crippen molar-refractivity contribution in [3.05, 3.63) is 0 Å². The largest absolute Gasteiger partial charge is 0.289 e. The van der Waals surface area contributed by atoms with Crippen LogP contribution in [0.1, 0.15) is 13.8 Å². The summed E-state index contributed by atoms with van der Waals surface area (Å²) in [5, 5.41) is -0.0694. The smallest absolute Gasteiger partial charge is 0.170 e. The Morgan fingerprint density at radius 2 is 1.43 bits per heavy atom. The van der Waals surface area contributed by atoms with Crippen molar-refractivity contribution in [1.29, 1.82) is 0 Å². The average Bonchev–Trinajstić information content (AvgIpc) is 1.27. The van der Waals surface area contributed by atoms with Crippen LogP contribution in [-0.4, -0.2) is 10.2 Å². The lowest BCUT2D eigenvalue weighted by molar-refractivity contribution is -0.111. The van der Waals surface area contributed by atoms with Crippen LogP contribution in [0.5, 0.6) is 0 Å². The number of hydrogen-bond donors (Lipinski definition) is 0. The van der Waals surface area contributed by atoms with Gasteiger partial charge in [0.1, 0.15) is 0 Å². The maximum Gasteiger partial charge on any atom is 0.170 e. The predicted octanol–water partition coefficient (Wildman–Crippen LogP) is 0.277. The highest BCUT2D eigenvalue weighted by Crippen LogP contribution is 1.99. The first-order valence-corrected chi connectivity index (χ1v) is 2.91. The van der Waals surface area contributed by atoms with Gasteiger partial charge >= 0.3 is 0 Å². The molecule has 0 aromatic heterocycles. The van der Waals surface area contributed by atoms with Crippen molar-refractivity contribution in [3.63, 3.8) is 0 Å². The summed E-state index contributed by atoms with van der Waals surface area (Å²) in [6.07, 6.45) is 0. The van der Waals surface area contributed by atoms with Crippen LogP contribution >= 0.6 is 11.8 Å². The Morgan fingerprint density at radius 3 is 1.43 bits per heavy atom. The molecular weight excluding hydrogens is 112 g/mol. The molecule has 3 heteroatoms. The fraction of sp³-hybridized carbons (Fsp3) is 0.500. The summed E-state index contributed by atoms with van der Waals surface area (Å²) in [7, 11) is 0. The average molecular weight is 120 g/mol. The summed E-state index contributed by atoms with van der Waals surface area (Å²) in [4.78, 5) is 20.1. The molecule has 0 radical (unpaired) electrons. The van der Waals surface area contributed by atoms with Crippen molar-refractivity contribution in [2.75, 3.05) is 0 Å². The Balaban J connectivity index is 3.32. The zero-order valence-electron chi connectivity index (χ0n) is 4.32. The molecule has 0 saturated carbocycles. The van der Waals surface area contributed by atoms with E-state index in [1.165, 1.54) is 13.8 Å².